The molecule has 0 heterocycles. The molecule has 0 unspecified atom stereocenters. The van der Waals surface area contributed by atoms with E-state index >= 15 is 0 Å². The molecule has 0 fully saturated rings. The summed E-state index contributed by atoms with van der Waals surface area (Å²) in [4.78, 5) is 10.5. The van der Waals surface area contributed by atoms with Crippen molar-refractivity contribution in [3.63, 3.8) is 0 Å². The fourth-order valence-corrected chi connectivity index (χ4v) is 1.29. The Kier molecular flexibility index (Phi) is 3.46. The molecule has 0 radical (unpaired) electrons. The monoisotopic (exact) mass is 215 g/mol. The van der Waals surface area contributed by atoms with Crippen molar-refractivity contribution in [3.05, 3.63) is 34.9 Å². The minimum absolute atomic E-state index is 0.303. The third kappa shape index (κ3) is 2.23. The molecule has 2 atom stereocenters. The number of benzene rings is 1. The third-order valence-electron chi connectivity index (χ3n) is 1.85. The number of aliphatic carboxylic acids is 1. The summed E-state index contributed by atoms with van der Waals surface area (Å²) >= 11 is 5.76. The highest BCUT2D eigenvalue weighted by Gasteiger charge is 2.24. The van der Waals surface area contributed by atoms with Gasteiger partial charge < -0.3 is 15.9 Å². The van der Waals surface area contributed by atoms with Crippen molar-refractivity contribution < 1.29 is 15.0 Å². The summed E-state index contributed by atoms with van der Waals surface area (Å²) in [5.74, 6) is -1.27. The average Bonchev–Trinajstić information content (AvgIpc) is 2.16. The maximum Gasteiger partial charge on any atom is 0.323 e. The summed E-state index contributed by atoms with van der Waals surface area (Å²) in [6, 6.07) is 5.07. The van der Waals surface area contributed by atoms with Crippen LogP contribution in [-0.4, -0.2) is 22.2 Å². The van der Waals surface area contributed by atoms with Gasteiger partial charge in [0.05, 0.1) is 0 Å². The number of hydrogen-bond donors (Lipinski definition) is 3. The molecular formula is C9H10ClNO3. The molecular weight excluding hydrogens is 206 g/mol. The first-order valence-corrected chi connectivity index (χ1v) is 4.32. The fourth-order valence-electron chi connectivity index (χ4n) is 1.04. The van der Waals surface area contributed by atoms with E-state index in [2.05, 4.69) is 0 Å². The molecule has 4 nitrogen and oxygen atoms in total. The number of carboxylic acid groups (broad SMARTS) is 1. The molecule has 0 aromatic heterocycles. The zero-order chi connectivity index (χ0) is 10.7. The van der Waals surface area contributed by atoms with Crippen LogP contribution >= 0.6 is 11.6 Å². The number of nitrogens with two attached hydrogens (primary N) is 1. The highest BCUT2D eigenvalue weighted by atomic mass is 35.5. The Hall–Kier alpha value is -1.10. The quantitative estimate of drug-likeness (QED) is 0.696. The Bertz CT molecular complexity index is 343. The van der Waals surface area contributed by atoms with Gasteiger partial charge in [0.2, 0.25) is 0 Å². The van der Waals surface area contributed by atoms with E-state index in [-0.39, 0.29) is 0 Å². The van der Waals surface area contributed by atoms with E-state index in [9.17, 15) is 9.90 Å². The SMILES string of the molecule is N[C@H](C(=O)O)[C@H](O)c1ccccc1Cl. The van der Waals surface area contributed by atoms with Gasteiger partial charge in [0, 0.05) is 10.6 Å². The van der Waals surface area contributed by atoms with Crippen LogP contribution in [0.25, 0.3) is 0 Å². The second-order valence-corrected chi connectivity index (χ2v) is 3.24. The zero-order valence-electron chi connectivity index (χ0n) is 7.22. The molecule has 0 saturated carbocycles. The van der Waals surface area contributed by atoms with Crippen molar-refractivity contribution in [2.75, 3.05) is 0 Å². The second kappa shape index (κ2) is 4.41. The smallest absolute Gasteiger partial charge is 0.323 e. The summed E-state index contributed by atoms with van der Waals surface area (Å²) in [7, 11) is 0. The van der Waals surface area contributed by atoms with E-state index in [1.807, 2.05) is 0 Å². The van der Waals surface area contributed by atoms with Crippen LogP contribution in [-0.2, 0) is 4.79 Å². The molecule has 5 heteroatoms. The van der Waals surface area contributed by atoms with Crippen molar-refractivity contribution in [2.45, 2.75) is 12.1 Å². The van der Waals surface area contributed by atoms with E-state index in [4.69, 9.17) is 22.4 Å². The molecule has 14 heavy (non-hydrogen) atoms. The largest absolute Gasteiger partial charge is 0.480 e. The zero-order valence-corrected chi connectivity index (χ0v) is 7.98. The number of halogens is 1. The van der Waals surface area contributed by atoms with Gasteiger partial charge in [-0.1, -0.05) is 29.8 Å². The molecule has 1 aromatic rings. The average molecular weight is 216 g/mol. The van der Waals surface area contributed by atoms with Gasteiger partial charge in [-0.05, 0) is 6.07 Å². The van der Waals surface area contributed by atoms with Crippen LogP contribution in [0, 0.1) is 0 Å². The van der Waals surface area contributed by atoms with Gasteiger partial charge in [-0.2, -0.15) is 0 Å². The minimum Gasteiger partial charge on any atom is -0.480 e. The number of aliphatic hydroxyl groups excluding tert-OH is 1. The van der Waals surface area contributed by atoms with Crippen molar-refractivity contribution in [2.24, 2.45) is 5.73 Å². The van der Waals surface area contributed by atoms with E-state index in [1.165, 1.54) is 6.07 Å². The molecule has 76 valence electrons. The van der Waals surface area contributed by atoms with Gasteiger partial charge in [-0.15, -0.1) is 0 Å². The molecule has 0 saturated heterocycles. The molecule has 0 aliphatic heterocycles. The first-order valence-electron chi connectivity index (χ1n) is 3.95. The highest BCUT2D eigenvalue weighted by Crippen LogP contribution is 2.24. The topological polar surface area (TPSA) is 83.6 Å². The van der Waals surface area contributed by atoms with Crippen LogP contribution in [0.4, 0.5) is 0 Å². The summed E-state index contributed by atoms with van der Waals surface area (Å²) in [6.07, 6.45) is -1.29. The normalized spacial score (nSPS) is 14.8. The number of aliphatic hydroxyl groups is 1. The van der Waals surface area contributed by atoms with Gasteiger partial charge in [0.25, 0.3) is 0 Å². The molecule has 1 aromatic carbocycles. The van der Waals surface area contributed by atoms with Crippen LogP contribution in [0.1, 0.15) is 11.7 Å². The van der Waals surface area contributed by atoms with Gasteiger partial charge in [-0.25, -0.2) is 0 Å². The van der Waals surface area contributed by atoms with Gasteiger partial charge >= 0.3 is 5.97 Å². The predicted molar refractivity (Wildman–Crippen MR) is 52.0 cm³/mol. The molecule has 0 bridgehead atoms. The maximum absolute atomic E-state index is 10.5. The van der Waals surface area contributed by atoms with Gasteiger partial charge in [0.1, 0.15) is 12.1 Å². The van der Waals surface area contributed by atoms with Crippen molar-refractivity contribution in [1.29, 1.82) is 0 Å². The van der Waals surface area contributed by atoms with Gasteiger partial charge in [0.15, 0.2) is 0 Å². The van der Waals surface area contributed by atoms with E-state index in [1.54, 1.807) is 18.2 Å². The highest BCUT2D eigenvalue weighted by molar-refractivity contribution is 6.31. The lowest BCUT2D eigenvalue weighted by atomic mass is 10.0. The van der Waals surface area contributed by atoms with Crippen LogP contribution in [0.15, 0.2) is 24.3 Å². The Morgan fingerprint density at radius 3 is 2.50 bits per heavy atom. The van der Waals surface area contributed by atoms with Crippen LogP contribution in [0.5, 0.6) is 0 Å². The summed E-state index contributed by atoms with van der Waals surface area (Å²) in [5.41, 5.74) is 5.58. The standard InChI is InChI=1S/C9H10ClNO3/c10-6-4-2-1-3-5(6)8(12)7(11)9(13)14/h1-4,7-8,12H,11H2,(H,13,14)/t7-,8+/m0/s1. The Labute approximate surface area is 85.9 Å². The lowest BCUT2D eigenvalue weighted by Crippen LogP contribution is -2.36. The van der Waals surface area contributed by atoms with E-state index in [0.717, 1.165) is 0 Å². The summed E-state index contributed by atoms with van der Waals surface area (Å²) < 4.78 is 0. The summed E-state index contributed by atoms with van der Waals surface area (Å²) in [5, 5.41) is 18.4. The first-order chi connectivity index (χ1) is 6.54. The van der Waals surface area contributed by atoms with E-state index < -0.39 is 18.1 Å². The van der Waals surface area contributed by atoms with Crippen LogP contribution in [0.3, 0.4) is 0 Å². The molecule has 0 aliphatic carbocycles. The molecule has 0 amide bonds. The van der Waals surface area contributed by atoms with Crippen LogP contribution < -0.4 is 5.73 Å². The third-order valence-corrected chi connectivity index (χ3v) is 2.19. The lowest BCUT2D eigenvalue weighted by Gasteiger charge is -2.16. The fraction of sp³-hybridized carbons (Fsp3) is 0.222. The first kappa shape index (κ1) is 11.0. The second-order valence-electron chi connectivity index (χ2n) is 2.83. The predicted octanol–water partition coefficient (Wildman–Crippen LogP) is 0.785. The number of carboxylic acids is 1. The molecule has 4 N–H and O–H groups in total. The number of hydrogen-bond acceptors (Lipinski definition) is 3. The maximum atomic E-state index is 10.5. The van der Waals surface area contributed by atoms with E-state index in [0.29, 0.717) is 10.6 Å². The minimum atomic E-state index is -1.37. The molecule has 0 aliphatic rings. The summed E-state index contributed by atoms with van der Waals surface area (Å²) in [6.45, 7) is 0. The molecule has 1 rings (SSSR count). The number of rotatable bonds is 3. The van der Waals surface area contributed by atoms with Crippen LogP contribution in [0.2, 0.25) is 5.02 Å². The Balaban J connectivity index is 2.94. The van der Waals surface area contributed by atoms with Gasteiger partial charge in [-0.3, -0.25) is 4.79 Å². The Morgan fingerprint density at radius 2 is 2.00 bits per heavy atom. The Morgan fingerprint density at radius 1 is 1.43 bits per heavy atom. The molecule has 0 spiro atoms. The number of carbonyl (C=O) groups is 1. The van der Waals surface area contributed by atoms with Crippen molar-refractivity contribution in [3.8, 4) is 0 Å². The van der Waals surface area contributed by atoms with Crippen molar-refractivity contribution in [1.82, 2.24) is 0 Å². The van der Waals surface area contributed by atoms with Crippen molar-refractivity contribution >= 4 is 17.6 Å². The lowest BCUT2D eigenvalue weighted by molar-refractivity contribution is -0.141.